The zero-order valence-corrected chi connectivity index (χ0v) is 29.1. The van der Waals surface area contributed by atoms with Crippen LogP contribution in [0.4, 0.5) is 17.2 Å². The topological polar surface area (TPSA) is 29.0 Å². The summed E-state index contributed by atoms with van der Waals surface area (Å²) in [6, 6.07) is 72.1. The Morgan fingerprint density at radius 1 is 0.392 bits per heavy atom. The molecule has 1 aromatic heterocycles. The standard InChI is InChI=1S/C47H35N3Si/c1-5-18-35(19-6-1)47-48-43(34-46(49-47)50-44-30-15-13-20-37(44)32-38-21-14-16-31-45(38)50)36-22-17-29-42(33-36)51(39-23-7-2-8-24-39,40-25-9-3-10-26-40)41-27-11-4-12-28-41/h1-31,33-34H,32H2. The number of fused-ring (bicyclic) bond motifs is 2. The van der Waals surface area contributed by atoms with E-state index in [4.69, 9.17) is 9.97 Å². The van der Waals surface area contributed by atoms with Crippen molar-refractivity contribution in [3.05, 3.63) is 211 Å². The number of nitrogens with zero attached hydrogens (tertiary/aromatic N) is 3. The van der Waals surface area contributed by atoms with Crippen molar-refractivity contribution >= 4 is 46.0 Å². The van der Waals surface area contributed by atoms with E-state index in [1.165, 1.54) is 31.9 Å². The first-order chi connectivity index (χ1) is 25.3. The van der Waals surface area contributed by atoms with Gasteiger partial charge in [-0.25, -0.2) is 9.97 Å². The monoisotopic (exact) mass is 669 g/mol. The highest BCUT2D eigenvalue weighted by molar-refractivity contribution is 7.19. The molecule has 0 spiro atoms. The molecule has 1 aliphatic heterocycles. The van der Waals surface area contributed by atoms with E-state index in [0.717, 1.165) is 40.4 Å². The minimum absolute atomic E-state index is 0.701. The molecule has 0 N–H and O–H groups in total. The molecule has 4 heteroatoms. The normalized spacial score (nSPS) is 12.2. The van der Waals surface area contributed by atoms with E-state index in [9.17, 15) is 0 Å². The molecular formula is C47H35N3Si. The first-order valence-corrected chi connectivity index (χ1v) is 19.5. The van der Waals surface area contributed by atoms with Gasteiger partial charge in [-0.1, -0.05) is 182 Å². The van der Waals surface area contributed by atoms with Crippen molar-refractivity contribution in [2.75, 3.05) is 4.90 Å². The maximum atomic E-state index is 5.30. The zero-order valence-electron chi connectivity index (χ0n) is 28.1. The fourth-order valence-electron chi connectivity index (χ4n) is 7.73. The lowest BCUT2D eigenvalue weighted by Gasteiger charge is -2.34. The fourth-order valence-corrected chi connectivity index (χ4v) is 12.5. The molecule has 242 valence electrons. The molecule has 1 aliphatic rings. The Bertz CT molecular complexity index is 2310. The molecule has 0 bridgehead atoms. The Labute approximate surface area is 300 Å². The van der Waals surface area contributed by atoms with E-state index >= 15 is 0 Å². The van der Waals surface area contributed by atoms with E-state index in [-0.39, 0.29) is 0 Å². The summed E-state index contributed by atoms with van der Waals surface area (Å²) in [5, 5.41) is 5.33. The summed E-state index contributed by atoms with van der Waals surface area (Å²) in [7, 11) is -2.74. The average Bonchev–Trinajstić information content (AvgIpc) is 3.22. The summed E-state index contributed by atoms with van der Waals surface area (Å²) < 4.78 is 0. The van der Waals surface area contributed by atoms with Crippen LogP contribution in [0, 0.1) is 0 Å². The number of benzene rings is 7. The molecule has 0 saturated carbocycles. The maximum absolute atomic E-state index is 5.30. The highest BCUT2D eigenvalue weighted by atomic mass is 28.3. The van der Waals surface area contributed by atoms with E-state index in [2.05, 4.69) is 199 Å². The largest absolute Gasteiger partial charge is 0.294 e. The van der Waals surface area contributed by atoms with Gasteiger partial charge < -0.3 is 0 Å². The summed E-state index contributed by atoms with van der Waals surface area (Å²) in [6.45, 7) is 0. The second-order valence-corrected chi connectivity index (χ2v) is 16.8. The van der Waals surface area contributed by atoms with Crippen molar-refractivity contribution in [3.8, 4) is 22.6 Å². The van der Waals surface area contributed by atoms with Crippen molar-refractivity contribution < 1.29 is 0 Å². The van der Waals surface area contributed by atoms with Gasteiger partial charge in [-0.2, -0.15) is 0 Å². The molecular weight excluding hydrogens is 635 g/mol. The molecule has 0 atom stereocenters. The number of hydrogen-bond acceptors (Lipinski definition) is 3. The predicted molar refractivity (Wildman–Crippen MR) is 214 cm³/mol. The van der Waals surface area contributed by atoms with Crippen molar-refractivity contribution in [3.63, 3.8) is 0 Å². The molecule has 8 aromatic rings. The van der Waals surface area contributed by atoms with Crippen LogP contribution in [0.3, 0.4) is 0 Å². The lowest BCUT2D eigenvalue weighted by atomic mass is 9.95. The molecule has 3 nitrogen and oxygen atoms in total. The Balaban J connectivity index is 1.29. The van der Waals surface area contributed by atoms with Gasteiger partial charge in [0.15, 0.2) is 13.9 Å². The number of rotatable bonds is 7. The number of aromatic nitrogens is 2. The Morgan fingerprint density at radius 3 is 1.39 bits per heavy atom. The molecule has 0 radical (unpaired) electrons. The highest BCUT2D eigenvalue weighted by Crippen LogP contribution is 2.44. The third kappa shape index (κ3) is 5.47. The van der Waals surface area contributed by atoms with Crippen molar-refractivity contribution in [1.82, 2.24) is 9.97 Å². The molecule has 0 unspecified atom stereocenters. The van der Waals surface area contributed by atoms with Gasteiger partial charge in [0, 0.05) is 23.6 Å². The second-order valence-electron chi connectivity index (χ2n) is 13.0. The number of hydrogen-bond donors (Lipinski definition) is 0. The molecule has 0 amide bonds. The van der Waals surface area contributed by atoms with Crippen LogP contribution in [0.1, 0.15) is 11.1 Å². The van der Waals surface area contributed by atoms with Gasteiger partial charge in [0.05, 0.1) is 17.1 Å². The lowest BCUT2D eigenvalue weighted by molar-refractivity contribution is 1.05. The summed E-state index contributed by atoms with van der Waals surface area (Å²) in [6.07, 6.45) is 0.888. The predicted octanol–water partition coefficient (Wildman–Crippen LogP) is 8.56. The van der Waals surface area contributed by atoms with E-state index < -0.39 is 8.07 Å². The van der Waals surface area contributed by atoms with Gasteiger partial charge in [0.25, 0.3) is 0 Å². The minimum atomic E-state index is -2.74. The van der Waals surface area contributed by atoms with E-state index in [0.29, 0.717) is 5.82 Å². The van der Waals surface area contributed by atoms with Gasteiger partial charge in [-0.15, -0.1) is 0 Å². The van der Waals surface area contributed by atoms with Gasteiger partial charge in [-0.05, 0) is 44.0 Å². The van der Waals surface area contributed by atoms with Crippen molar-refractivity contribution in [2.24, 2.45) is 0 Å². The zero-order chi connectivity index (χ0) is 34.0. The Hall–Kier alpha value is -6.36. The minimum Gasteiger partial charge on any atom is -0.294 e. The molecule has 0 saturated heterocycles. The Kier molecular flexibility index (Phi) is 7.92. The summed E-state index contributed by atoms with van der Waals surface area (Å²) in [5.74, 6) is 1.55. The van der Waals surface area contributed by atoms with Crippen LogP contribution in [-0.2, 0) is 6.42 Å². The van der Waals surface area contributed by atoms with Crippen LogP contribution in [0.25, 0.3) is 22.6 Å². The SMILES string of the molecule is c1ccc(-c2nc(-c3cccc([Si](c4ccccc4)(c4ccccc4)c4ccccc4)c3)cc(N3c4ccccc4Cc4ccccc43)n2)cc1. The van der Waals surface area contributed by atoms with Crippen LogP contribution in [0.5, 0.6) is 0 Å². The van der Waals surface area contributed by atoms with E-state index in [1.807, 2.05) is 6.07 Å². The summed E-state index contributed by atoms with van der Waals surface area (Å²) in [4.78, 5) is 12.9. The smallest absolute Gasteiger partial charge is 0.179 e. The lowest BCUT2D eigenvalue weighted by Crippen LogP contribution is -2.74. The van der Waals surface area contributed by atoms with Crippen LogP contribution in [0.2, 0.25) is 0 Å². The Morgan fingerprint density at radius 2 is 0.843 bits per heavy atom. The third-order valence-electron chi connectivity index (χ3n) is 10.0. The van der Waals surface area contributed by atoms with Crippen molar-refractivity contribution in [1.29, 1.82) is 0 Å². The quantitative estimate of drug-likeness (QED) is 0.126. The maximum Gasteiger partial charge on any atom is 0.179 e. The van der Waals surface area contributed by atoms with Crippen molar-refractivity contribution in [2.45, 2.75) is 6.42 Å². The number of para-hydroxylation sites is 2. The van der Waals surface area contributed by atoms with Gasteiger partial charge in [0.1, 0.15) is 5.82 Å². The first-order valence-electron chi connectivity index (χ1n) is 17.5. The third-order valence-corrected chi connectivity index (χ3v) is 14.8. The van der Waals surface area contributed by atoms with Gasteiger partial charge in [-0.3, -0.25) is 4.90 Å². The van der Waals surface area contributed by atoms with Crippen LogP contribution >= 0.6 is 0 Å². The van der Waals surface area contributed by atoms with Crippen LogP contribution < -0.4 is 25.6 Å². The summed E-state index contributed by atoms with van der Waals surface area (Å²) in [5.41, 5.74) is 7.80. The summed E-state index contributed by atoms with van der Waals surface area (Å²) >= 11 is 0. The van der Waals surface area contributed by atoms with Gasteiger partial charge in [0.2, 0.25) is 0 Å². The van der Waals surface area contributed by atoms with Crippen LogP contribution in [-0.4, -0.2) is 18.0 Å². The molecule has 7 aromatic carbocycles. The fraction of sp³-hybridized carbons (Fsp3) is 0.0213. The van der Waals surface area contributed by atoms with E-state index in [1.54, 1.807) is 0 Å². The van der Waals surface area contributed by atoms with Gasteiger partial charge >= 0.3 is 0 Å². The molecule has 9 rings (SSSR count). The molecule has 51 heavy (non-hydrogen) atoms. The first kappa shape index (κ1) is 30.7. The second kappa shape index (κ2) is 13.2. The highest BCUT2D eigenvalue weighted by Gasteiger charge is 2.41. The molecule has 0 aliphatic carbocycles. The number of anilines is 3. The molecule has 0 fully saturated rings. The van der Waals surface area contributed by atoms with Crippen LogP contribution in [0.15, 0.2) is 200 Å². The molecule has 2 heterocycles. The average molecular weight is 670 g/mol.